The van der Waals surface area contributed by atoms with Gasteiger partial charge in [0.25, 0.3) is 0 Å². The maximum Gasteiger partial charge on any atom is 0.224 e. The van der Waals surface area contributed by atoms with Crippen molar-refractivity contribution in [2.45, 2.75) is 47.0 Å². The molecule has 1 aliphatic heterocycles. The Balaban J connectivity index is 1.82. The van der Waals surface area contributed by atoms with Gasteiger partial charge in [-0.3, -0.25) is 9.59 Å². The molecule has 144 valence electrons. The largest absolute Gasteiger partial charge is 0.368 e. The third-order valence-corrected chi connectivity index (χ3v) is 4.68. The van der Waals surface area contributed by atoms with Crippen molar-refractivity contribution in [1.82, 2.24) is 4.90 Å². The fourth-order valence-electron chi connectivity index (χ4n) is 3.09. The highest BCUT2D eigenvalue weighted by atomic mass is 16.2. The van der Waals surface area contributed by atoms with Crippen LogP contribution in [-0.2, 0) is 9.59 Å². The SMILES string of the molecule is CC(C)CCC(=O)Nc1ccc(N2CCN(C(=O)CC(C)C)CC2)cc1. The second kappa shape index (κ2) is 9.60. The number of anilines is 2. The molecule has 1 aromatic carbocycles. The van der Waals surface area contributed by atoms with Gasteiger partial charge in [-0.25, -0.2) is 0 Å². The monoisotopic (exact) mass is 359 g/mol. The number of carbonyl (C=O) groups is 2. The summed E-state index contributed by atoms with van der Waals surface area (Å²) in [6, 6.07) is 8.01. The van der Waals surface area contributed by atoms with Gasteiger partial charge in [-0.2, -0.15) is 0 Å². The lowest BCUT2D eigenvalue weighted by atomic mass is 10.1. The van der Waals surface area contributed by atoms with Gasteiger partial charge < -0.3 is 15.1 Å². The molecule has 1 saturated heterocycles. The van der Waals surface area contributed by atoms with Gasteiger partial charge in [-0.15, -0.1) is 0 Å². The van der Waals surface area contributed by atoms with Crippen LogP contribution in [0.25, 0.3) is 0 Å². The normalized spacial score (nSPS) is 14.8. The second-order valence-electron chi connectivity index (χ2n) is 7.99. The van der Waals surface area contributed by atoms with Crippen molar-refractivity contribution in [1.29, 1.82) is 0 Å². The average Bonchev–Trinajstić information content (AvgIpc) is 2.60. The molecule has 1 fully saturated rings. The summed E-state index contributed by atoms with van der Waals surface area (Å²) < 4.78 is 0. The Kier molecular flexibility index (Phi) is 7.49. The predicted octanol–water partition coefficient (Wildman–Crippen LogP) is 3.76. The molecule has 0 radical (unpaired) electrons. The van der Waals surface area contributed by atoms with Gasteiger partial charge in [0, 0.05) is 50.4 Å². The minimum Gasteiger partial charge on any atom is -0.368 e. The van der Waals surface area contributed by atoms with E-state index in [9.17, 15) is 9.59 Å². The molecule has 26 heavy (non-hydrogen) atoms. The highest BCUT2D eigenvalue weighted by Crippen LogP contribution is 2.20. The molecule has 0 aromatic heterocycles. The molecule has 0 unspecified atom stereocenters. The lowest BCUT2D eigenvalue weighted by Crippen LogP contribution is -2.49. The van der Waals surface area contributed by atoms with E-state index in [0.29, 0.717) is 24.7 Å². The quantitative estimate of drug-likeness (QED) is 0.806. The lowest BCUT2D eigenvalue weighted by molar-refractivity contribution is -0.132. The van der Waals surface area contributed by atoms with Crippen LogP contribution in [0.15, 0.2) is 24.3 Å². The Hall–Kier alpha value is -2.04. The van der Waals surface area contributed by atoms with Gasteiger partial charge in [0.15, 0.2) is 0 Å². The second-order valence-corrected chi connectivity index (χ2v) is 7.99. The number of benzene rings is 1. The maximum atomic E-state index is 12.2. The van der Waals surface area contributed by atoms with Crippen molar-refractivity contribution < 1.29 is 9.59 Å². The van der Waals surface area contributed by atoms with Gasteiger partial charge >= 0.3 is 0 Å². The minimum atomic E-state index is 0.0729. The number of nitrogens with zero attached hydrogens (tertiary/aromatic N) is 2. The molecule has 1 heterocycles. The van der Waals surface area contributed by atoms with E-state index in [0.717, 1.165) is 44.0 Å². The number of hydrogen-bond acceptors (Lipinski definition) is 3. The van der Waals surface area contributed by atoms with E-state index in [1.54, 1.807) is 0 Å². The fraction of sp³-hybridized carbons (Fsp3) is 0.619. The zero-order valence-corrected chi connectivity index (χ0v) is 16.6. The number of amides is 2. The summed E-state index contributed by atoms with van der Waals surface area (Å²) in [6.45, 7) is 11.7. The Morgan fingerprint density at radius 2 is 1.58 bits per heavy atom. The number of nitrogens with one attached hydrogen (secondary N) is 1. The van der Waals surface area contributed by atoms with Gasteiger partial charge in [-0.05, 0) is 42.5 Å². The molecule has 1 aliphatic rings. The topological polar surface area (TPSA) is 52.7 Å². The molecule has 0 saturated carbocycles. The summed E-state index contributed by atoms with van der Waals surface area (Å²) >= 11 is 0. The summed E-state index contributed by atoms with van der Waals surface area (Å²) in [5, 5.41) is 2.96. The first kappa shape index (κ1) is 20.3. The molecule has 0 atom stereocenters. The van der Waals surface area contributed by atoms with Crippen LogP contribution in [0.4, 0.5) is 11.4 Å². The van der Waals surface area contributed by atoms with Crippen LogP contribution < -0.4 is 10.2 Å². The molecule has 1 aromatic rings. The van der Waals surface area contributed by atoms with Crippen LogP contribution in [0.5, 0.6) is 0 Å². The van der Waals surface area contributed by atoms with E-state index in [-0.39, 0.29) is 11.8 Å². The van der Waals surface area contributed by atoms with E-state index in [2.05, 4.69) is 37.9 Å². The van der Waals surface area contributed by atoms with Crippen molar-refractivity contribution in [2.24, 2.45) is 11.8 Å². The number of piperazine rings is 1. The summed E-state index contributed by atoms with van der Waals surface area (Å²) in [7, 11) is 0. The van der Waals surface area contributed by atoms with Crippen LogP contribution in [0.1, 0.15) is 47.0 Å². The average molecular weight is 360 g/mol. The van der Waals surface area contributed by atoms with Crippen molar-refractivity contribution in [2.75, 3.05) is 36.4 Å². The van der Waals surface area contributed by atoms with Crippen molar-refractivity contribution in [3.8, 4) is 0 Å². The predicted molar refractivity (Wildman–Crippen MR) is 107 cm³/mol. The standard InChI is InChI=1S/C21H33N3O2/c1-16(2)5-10-20(25)22-18-6-8-19(9-7-18)23-11-13-24(14-12-23)21(26)15-17(3)4/h6-9,16-17H,5,10-15H2,1-4H3,(H,22,25). The fourth-order valence-corrected chi connectivity index (χ4v) is 3.09. The highest BCUT2D eigenvalue weighted by molar-refractivity contribution is 5.90. The van der Waals surface area contributed by atoms with E-state index in [1.807, 2.05) is 29.2 Å². The smallest absolute Gasteiger partial charge is 0.224 e. The van der Waals surface area contributed by atoms with Crippen molar-refractivity contribution in [3.05, 3.63) is 24.3 Å². The lowest BCUT2D eigenvalue weighted by Gasteiger charge is -2.36. The molecule has 0 bridgehead atoms. The molecule has 2 amide bonds. The van der Waals surface area contributed by atoms with Crippen LogP contribution in [0.3, 0.4) is 0 Å². The molecule has 5 heteroatoms. The Bertz CT molecular complexity index is 588. The molecular weight excluding hydrogens is 326 g/mol. The van der Waals surface area contributed by atoms with E-state index in [4.69, 9.17) is 0 Å². The van der Waals surface area contributed by atoms with Gasteiger partial charge in [0.05, 0.1) is 0 Å². The minimum absolute atomic E-state index is 0.0729. The summed E-state index contributed by atoms with van der Waals surface area (Å²) in [5.41, 5.74) is 1.98. The van der Waals surface area contributed by atoms with Crippen LogP contribution in [0.2, 0.25) is 0 Å². The van der Waals surface area contributed by atoms with E-state index in [1.165, 1.54) is 0 Å². The first-order valence-corrected chi connectivity index (χ1v) is 9.77. The maximum absolute atomic E-state index is 12.2. The first-order chi connectivity index (χ1) is 12.3. The third kappa shape index (κ3) is 6.36. The summed E-state index contributed by atoms with van der Waals surface area (Å²) in [5.74, 6) is 1.28. The summed E-state index contributed by atoms with van der Waals surface area (Å²) in [6.07, 6.45) is 2.10. The first-order valence-electron chi connectivity index (χ1n) is 9.77. The van der Waals surface area contributed by atoms with Crippen LogP contribution >= 0.6 is 0 Å². The molecular formula is C21H33N3O2. The Labute approximate surface area is 157 Å². The van der Waals surface area contributed by atoms with E-state index < -0.39 is 0 Å². The van der Waals surface area contributed by atoms with Gasteiger partial charge in [0.2, 0.25) is 11.8 Å². The molecule has 1 N–H and O–H groups in total. The molecule has 2 rings (SSSR count). The van der Waals surface area contributed by atoms with Crippen molar-refractivity contribution in [3.63, 3.8) is 0 Å². The third-order valence-electron chi connectivity index (χ3n) is 4.68. The Morgan fingerprint density at radius 3 is 2.12 bits per heavy atom. The summed E-state index contributed by atoms with van der Waals surface area (Å²) in [4.78, 5) is 28.3. The zero-order valence-electron chi connectivity index (χ0n) is 16.6. The molecule has 0 aliphatic carbocycles. The van der Waals surface area contributed by atoms with Crippen LogP contribution in [-0.4, -0.2) is 42.9 Å². The molecule has 5 nitrogen and oxygen atoms in total. The Morgan fingerprint density at radius 1 is 0.962 bits per heavy atom. The van der Waals surface area contributed by atoms with Gasteiger partial charge in [-0.1, -0.05) is 27.7 Å². The number of carbonyl (C=O) groups excluding carboxylic acids is 2. The molecule has 0 spiro atoms. The van der Waals surface area contributed by atoms with Crippen molar-refractivity contribution >= 4 is 23.2 Å². The van der Waals surface area contributed by atoms with Crippen LogP contribution in [0, 0.1) is 11.8 Å². The van der Waals surface area contributed by atoms with E-state index >= 15 is 0 Å². The highest BCUT2D eigenvalue weighted by Gasteiger charge is 2.21. The zero-order chi connectivity index (χ0) is 19.1. The number of rotatable bonds is 7. The van der Waals surface area contributed by atoms with Gasteiger partial charge in [0.1, 0.15) is 0 Å². The number of hydrogen-bond donors (Lipinski definition) is 1.